The second-order valence-electron chi connectivity index (χ2n) is 24.0. The van der Waals surface area contributed by atoms with Crippen LogP contribution in [0.3, 0.4) is 0 Å². The molecule has 1 aliphatic carbocycles. The molecule has 0 bridgehead atoms. The molecule has 83 heavy (non-hydrogen) atoms. The molecule has 1 aromatic carbocycles. The Morgan fingerprint density at radius 2 is 1.12 bits per heavy atom. The van der Waals surface area contributed by atoms with Crippen molar-refractivity contribution in [3.63, 3.8) is 0 Å². The van der Waals surface area contributed by atoms with Crippen molar-refractivity contribution < 1.29 is 65.9 Å². The van der Waals surface area contributed by atoms with Gasteiger partial charge in [0.15, 0.2) is 0 Å². The number of rotatable bonds is 9. The molecule has 4 rings (SSSR count). The number of hydrogen-bond acceptors (Lipinski definition) is 11. The minimum Gasteiger partial charge on any atom is -0.351 e. The van der Waals surface area contributed by atoms with E-state index in [-0.39, 0.29) is 69.7 Å². The van der Waals surface area contributed by atoms with Crippen LogP contribution in [0.5, 0.6) is 0 Å². The van der Waals surface area contributed by atoms with Crippen molar-refractivity contribution in [3.8, 4) is 0 Å². The van der Waals surface area contributed by atoms with E-state index in [0.717, 1.165) is 31.7 Å². The summed E-state index contributed by atoms with van der Waals surface area (Å²) in [7, 11) is 8.29. The number of nitrogens with one attached hydrogen (secondary N) is 4. The number of carbonyl (C=O) groups is 11. The van der Waals surface area contributed by atoms with E-state index in [0.29, 0.717) is 31.2 Å². The summed E-state index contributed by atoms with van der Waals surface area (Å²) in [5.74, 6) is -7.55. The summed E-state index contributed by atoms with van der Waals surface area (Å²) < 4.78 is 40.4. The maximum atomic E-state index is 14.9. The van der Waals surface area contributed by atoms with E-state index in [2.05, 4.69) is 21.3 Å². The highest BCUT2D eigenvalue weighted by atomic mass is 19.4. The number of halogens is 3. The van der Waals surface area contributed by atoms with E-state index in [1.165, 1.54) is 69.1 Å². The van der Waals surface area contributed by atoms with Crippen LogP contribution >= 0.6 is 0 Å². The van der Waals surface area contributed by atoms with Crippen LogP contribution in [0.4, 0.5) is 13.2 Å². The first-order valence-corrected chi connectivity index (χ1v) is 28.9. The molecule has 1 saturated carbocycles. The first-order valence-electron chi connectivity index (χ1n) is 28.9. The van der Waals surface area contributed by atoms with Gasteiger partial charge in [-0.3, -0.25) is 52.7 Å². The highest BCUT2D eigenvalue weighted by Crippen LogP contribution is 2.34. The van der Waals surface area contributed by atoms with Crippen molar-refractivity contribution in [2.45, 2.75) is 173 Å². The number of nitrogens with zero attached hydrogens (tertiary/aromatic N) is 7. The van der Waals surface area contributed by atoms with E-state index >= 15 is 0 Å². The first kappa shape index (κ1) is 68.7. The zero-order valence-corrected chi connectivity index (χ0v) is 50.8. The largest absolute Gasteiger partial charge is 0.416 e. The third-order valence-electron chi connectivity index (χ3n) is 16.1. The lowest BCUT2D eigenvalue weighted by Gasteiger charge is -2.39. The molecule has 2 aliphatic heterocycles. The van der Waals surface area contributed by atoms with Crippen LogP contribution in [0.1, 0.15) is 130 Å². The molecular weight excluding hydrogens is 1080 g/mol. The monoisotopic (exact) mass is 1170 g/mol. The van der Waals surface area contributed by atoms with Gasteiger partial charge < -0.3 is 55.6 Å². The Hall–Kier alpha value is -6.82. The van der Waals surface area contributed by atoms with Gasteiger partial charge in [-0.05, 0) is 93.7 Å². The molecule has 464 valence electrons. The Balaban J connectivity index is 1.73. The average Bonchev–Trinajstić information content (AvgIpc) is 4.15. The Morgan fingerprint density at radius 1 is 0.614 bits per heavy atom. The van der Waals surface area contributed by atoms with Crippen molar-refractivity contribution >= 4 is 65.0 Å². The van der Waals surface area contributed by atoms with Crippen LogP contribution in [-0.4, -0.2) is 216 Å². The molecule has 0 aromatic heterocycles. The highest BCUT2D eigenvalue weighted by molar-refractivity contribution is 5.99. The highest BCUT2D eigenvalue weighted by Gasteiger charge is 2.49. The van der Waals surface area contributed by atoms with Crippen LogP contribution in [0.25, 0.3) is 0 Å². The van der Waals surface area contributed by atoms with Gasteiger partial charge in [-0.25, -0.2) is 0 Å². The van der Waals surface area contributed by atoms with E-state index < -0.39 is 151 Å². The Labute approximate surface area is 486 Å². The minimum absolute atomic E-state index is 0.0154. The van der Waals surface area contributed by atoms with Gasteiger partial charge in [-0.15, -0.1) is 0 Å². The summed E-state index contributed by atoms with van der Waals surface area (Å²) in [5.41, 5.74) is -1.94. The third kappa shape index (κ3) is 18.8. The topological polar surface area (TPSA) is 259 Å². The van der Waals surface area contributed by atoms with Gasteiger partial charge in [-0.2, -0.15) is 13.2 Å². The van der Waals surface area contributed by atoms with Gasteiger partial charge in [0.05, 0.1) is 31.7 Å². The summed E-state index contributed by atoms with van der Waals surface area (Å²) in [6.07, 6.45) is -1.98. The van der Waals surface area contributed by atoms with Crippen molar-refractivity contribution in [2.24, 2.45) is 17.8 Å². The van der Waals surface area contributed by atoms with Gasteiger partial charge in [0.25, 0.3) is 0 Å². The summed E-state index contributed by atoms with van der Waals surface area (Å²) in [6.45, 7) is 10.7. The van der Waals surface area contributed by atoms with Gasteiger partial charge in [0.2, 0.25) is 65.0 Å². The van der Waals surface area contributed by atoms with Gasteiger partial charge in [0, 0.05) is 61.3 Å². The maximum absolute atomic E-state index is 14.9. The predicted molar refractivity (Wildman–Crippen MR) is 302 cm³/mol. The molecule has 25 heteroatoms. The van der Waals surface area contributed by atoms with Crippen molar-refractivity contribution in [2.75, 3.05) is 75.0 Å². The Kier molecular flexibility index (Phi) is 24.9. The fourth-order valence-electron chi connectivity index (χ4n) is 10.8. The first-order chi connectivity index (χ1) is 38.7. The third-order valence-corrected chi connectivity index (χ3v) is 16.1. The molecule has 3 aliphatic rings. The molecule has 7 atom stereocenters. The lowest BCUT2D eigenvalue weighted by molar-refractivity contribution is -0.148. The van der Waals surface area contributed by atoms with Crippen LogP contribution in [0.15, 0.2) is 24.3 Å². The fraction of sp³-hybridized carbons (Fsp3) is 0.707. The lowest BCUT2D eigenvalue weighted by Crippen LogP contribution is -2.64. The summed E-state index contributed by atoms with van der Waals surface area (Å²) in [5, 5.41) is 11.4. The lowest BCUT2D eigenvalue weighted by atomic mass is 9.92. The molecule has 2 heterocycles. The van der Waals surface area contributed by atoms with Gasteiger partial charge in [0.1, 0.15) is 35.7 Å². The normalized spacial score (nSPS) is 25.3. The number of likely N-dealkylation sites (N-methyl/N-ethyl adjacent to an activating group) is 6. The van der Waals surface area contributed by atoms with E-state index in [1.807, 2.05) is 34.6 Å². The second-order valence-corrected chi connectivity index (χ2v) is 24.0. The number of aryl methyl sites for hydroxylation is 1. The number of amides is 11. The van der Waals surface area contributed by atoms with Crippen molar-refractivity contribution in [1.29, 1.82) is 0 Å². The Bertz CT molecular complexity index is 2510. The smallest absolute Gasteiger partial charge is 0.351 e. The molecule has 0 radical (unpaired) electrons. The molecule has 22 nitrogen and oxygen atoms in total. The van der Waals surface area contributed by atoms with E-state index in [4.69, 9.17) is 0 Å². The number of hydrogen-bond donors (Lipinski definition) is 4. The molecule has 1 aromatic rings. The number of carbonyl (C=O) groups excluding carboxylic acids is 11. The fourth-order valence-corrected chi connectivity index (χ4v) is 10.8. The zero-order chi connectivity index (χ0) is 62.4. The molecule has 3 fully saturated rings. The summed E-state index contributed by atoms with van der Waals surface area (Å²) in [6, 6.07) is -2.17. The van der Waals surface area contributed by atoms with Crippen molar-refractivity contribution in [3.05, 3.63) is 35.4 Å². The molecule has 4 N–H and O–H groups in total. The molecule has 1 spiro atoms. The quantitative estimate of drug-likeness (QED) is 0.280. The van der Waals surface area contributed by atoms with Crippen LogP contribution in [-0.2, 0) is 65.3 Å². The number of fused-ring (bicyclic) bond motifs is 1. The van der Waals surface area contributed by atoms with Crippen LogP contribution in [0.2, 0.25) is 0 Å². The predicted octanol–water partition coefficient (Wildman–Crippen LogP) is 2.56. The van der Waals surface area contributed by atoms with Crippen molar-refractivity contribution in [1.82, 2.24) is 55.6 Å². The summed E-state index contributed by atoms with van der Waals surface area (Å²) in [4.78, 5) is 164. The number of benzene rings is 1. The van der Waals surface area contributed by atoms with Crippen LogP contribution in [0, 0.1) is 17.8 Å². The molecular formula is C58H90F3N11O11. The molecule has 11 amide bonds. The molecule has 6 unspecified atom stereocenters. The van der Waals surface area contributed by atoms with Crippen LogP contribution < -0.4 is 21.3 Å². The second kappa shape index (κ2) is 30.1. The van der Waals surface area contributed by atoms with E-state index in [9.17, 15) is 65.9 Å². The van der Waals surface area contributed by atoms with E-state index in [1.54, 1.807) is 13.8 Å². The van der Waals surface area contributed by atoms with Gasteiger partial charge >= 0.3 is 6.18 Å². The number of alkyl halides is 3. The average molecular weight is 1170 g/mol. The standard InChI is InChI=1S/C58H90F3N11O11/c1-14-37(6)50-55(82)69(11)34-49(77)68(10)33-48(76)67(9)32-47(75)66(8)31-45(73)63-41(24-21-39-19-22-40(23-20-39)58(59,60)61)54(81)72-27-17-18-42(72)53(80)65-57(25-15-16-26-57)56(83)71(13)44(29-36(4)5)51(78)62-38(7)30-46(74)70(12)43(28-35(2)3)52(79)64-50/h19-20,22-23,35-38,41-44,50H,14-18,21,24-34H2,1-13H3,(H,62,78)(H,63,73)(H,64,79)(H,65,80)/t37-,38?,41?,42?,43?,44?,50?/m0/s1. The zero-order valence-electron chi connectivity index (χ0n) is 50.8. The minimum atomic E-state index is -4.60. The SMILES string of the molecule is CC[C@H](C)C1NC(=O)C(CC(C)C)N(C)C(=O)CC(C)NC(=O)C(CC(C)C)N(C)C(=O)C2(CCCC2)NC(=O)C2CCCN2C(=O)C(CCc2ccc(C(F)(F)F)cc2)NC(=O)CN(C)C(=O)CN(C)C(=O)CN(C)C(=O)CN(C)C1=O. The maximum Gasteiger partial charge on any atom is 0.416 e. The molecule has 2 saturated heterocycles. The van der Waals surface area contributed by atoms with Gasteiger partial charge in [-0.1, -0.05) is 72.9 Å². The summed E-state index contributed by atoms with van der Waals surface area (Å²) >= 11 is 0. The Morgan fingerprint density at radius 3 is 1.64 bits per heavy atom.